The molecule has 0 radical (unpaired) electrons. The van der Waals surface area contributed by atoms with Crippen LogP contribution in [0.25, 0.3) is 0 Å². The number of hydrogen-bond acceptors (Lipinski definition) is 3. The predicted molar refractivity (Wildman–Crippen MR) is 71.5 cm³/mol. The molecule has 0 aromatic rings. The summed E-state index contributed by atoms with van der Waals surface area (Å²) < 4.78 is 0. The molecule has 1 saturated carbocycles. The minimum absolute atomic E-state index is 0.0237. The highest BCUT2D eigenvalue weighted by Gasteiger charge is 2.41. The van der Waals surface area contributed by atoms with Gasteiger partial charge in [0.15, 0.2) is 0 Å². The fourth-order valence-electron chi connectivity index (χ4n) is 3.08. The van der Waals surface area contributed by atoms with Gasteiger partial charge in [-0.1, -0.05) is 6.92 Å². The fourth-order valence-corrected chi connectivity index (χ4v) is 3.08. The molecule has 1 amide bonds. The zero-order valence-corrected chi connectivity index (χ0v) is 11.6. The summed E-state index contributed by atoms with van der Waals surface area (Å²) in [5, 5.41) is 9.08. The van der Waals surface area contributed by atoms with Crippen LogP contribution in [0.3, 0.4) is 0 Å². The molecule has 3 N–H and O–H groups in total. The van der Waals surface area contributed by atoms with Crippen LogP contribution in [0.4, 0.5) is 0 Å². The van der Waals surface area contributed by atoms with E-state index in [1.54, 1.807) is 0 Å². The average molecular weight is 268 g/mol. The number of likely N-dealkylation sites (tertiary alicyclic amines) is 1. The molecule has 2 aliphatic rings. The van der Waals surface area contributed by atoms with Crippen molar-refractivity contribution in [1.29, 1.82) is 0 Å². The van der Waals surface area contributed by atoms with Crippen LogP contribution < -0.4 is 5.73 Å². The van der Waals surface area contributed by atoms with Gasteiger partial charge in [0.1, 0.15) is 5.54 Å². The van der Waals surface area contributed by atoms with E-state index >= 15 is 0 Å². The van der Waals surface area contributed by atoms with Crippen LogP contribution in [-0.4, -0.2) is 40.5 Å². The molecule has 0 spiro atoms. The van der Waals surface area contributed by atoms with Crippen LogP contribution >= 0.6 is 0 Å². The molecule has 5 heteroatoms. The van der Waals surface area contributed by atoms with Gasteiger partial charge < -0.3 is 15.7 Å². The molecule has 1 saturated heterocycles. The van der Waals surface area contributed by atoms with Crippen LogP contribution in [0.5, 0.6) is 0 Å². The minimum Gasteiger partial charge on any atom is -0.480 e. The summed E-state index contributed by atoms with van der Waals surface area (Å²) in [6, 6.07) is 0. The van der Waals surface area contributed by atoms with Gasteiger partial charge in [-0.15, -0.1) is 0 Å². The van der Waals surface area contributed by atoms with Crippen molar-refractivity contribution in [3.63, 3.8) is 0 Å². The van der Waals surface area contributed by atoms with E-state index in [1.165, 1.54) is 0 Å². The van der Waals surface area contributed by atoms with Gasteiger partial charge in [0, 0.05) is 19.0 Å². The third-order valence-corrected chi connectivity index (χ3v) is 4.75. The first-order chi connectivity index (χ1) is 8.92. The van der Waals surface area contributed by atoms with Crippen molar-refractivity contribution in [2.24, 2.45) is 17.6 Å². The third kappa shape index (κ3) is 3.08. The molecule has 19 heavy (non-hydrogen) atoms. The van der Waals surface area contributed by atoms with Gasteiger partial charge in [0.25, 0.3) is 0 Å². The van der Waals surface area contributed by atoms with E-state index in [0.717, 1.165) is 25.9 Å². The van der Waals surface area contributed by atoms with Crippen LogP contribution in [0.2, 0.25) is 0 Å². The molecular formula is C14H24N2O3. The lowest BCUT2D eigenvalue weighted by atomic mass is 9.76. The van der Waals surface area contributed by atoms with Gasteiger partial charge in [-0.25, -0.2) is 0 Å². The number of carbonyl (C=O) groups excluding carboxylic acids is 1. The number of carboxylic acids is 1. The van der Waals surface area contributed by atoms with Gasteiger partial charge in [0.05, 0.1) is 0 Å². The van der Waals surface area contributed by atoms with Crippen LogP contribution in [0.15, 0.2) is 0 Å². The number of hydrogen-bond donors (Lipinski definition) is 2. The maximum atomic E-state index is 12.4. The van der Waals surface area contributed by atoms with Gasteiger partial charge in [-0.05, 0) is 44.4 Å². The number of piperidine rings is 1. The molecule has 0 aromatic heterocycles. The molecule has 0 bridgehead atoms. The van der Waals surface area contributed by atoms with Gasteiger partial charge in [-0.3, -0.25) is 9.59 Å². The number of aliphatic carboxylic acids is 1. The normalized spacial score (nSPS) is 33.2. The van der Waals surface area contributed by atoms with E-state index in [0.29, 0.717) is 31.6 Å². The quantitative estimate of drug-likeness (QED) is 0.788. The third-order valence-electron chi connectivity index (χ3n) is 4.75. The second-order valence-corrected chi connectivity index (χ2v) is 6.24. The van der Waals surface area contributed by atoms with Crippen LogP contribution in [0, 0.1) is 11.8 Å². The van der Waals surface area contributed by atoms with Gasteiger partial charge in [0.2, 0.25) is 5.91 Å². The Labute approximate surface area is 114 Å². The highest BCUT2D eigenvalue weighted by atomic mass is 16.4. The minimum atomic E-state index is -1.12. The molecule has 0 unspecified atom stereocenters. The summed E-state index contributed by atoms with van der Waals surface area (Å²) in [7, 11) is 0. The Morgan fingerprint density at radius 3 is 2.16 bits per heavy atom. The summed E-state index contributed by atoms with van der Waals surface area (Å²) >= 11 is 0. The zero-order chi connectivity index (χ0) is 14.0. The summed E-state index contributed by atoms with van der Waals surface area (Å²) in [5.41, 5.74) is 4.72. The van der Waals surface area contributed by atoms with E-state index in [9.17, 15) is 9.59 Å². The van der Waals surface area contributed by atoms with Crippen molar-refractivity contribution >= 4 is 11.9 Å². The Balaban J connectivity index is 1.87. The van der Waals surface area contributed by atoms with Crippen molar-refractivity contribution in [3.8, 4) is 0 Å². The number of amides is 1. The van der Waals surface area contributed by atoms with Gasteiger partial charge in [-0.2, -0.15) is 0 Å². The summed E-state index contributed by atoms with van der Waals surface area (Å²) in [6.07, 6.45) is 4.18. The molecule has 1 aliphatic heterocycles. The lowest BCUT2D eigenvalue weighted by Gasteiger charge is -2.37. The van der Waals surface area contributed by atoms with E-state index in [4.69, 9.17) is 10.8 Å². The highest BCUT2D eigenvalue weighted by Crippen LogP contribution is 2.32. The van der Waals surface area contributed by atoms with E-state index in [-0.39, 0.29) is 11.8 Å². The van der Waals surface area contributed by atoms with E-state index in [1.807, 2.05) is 4.90 Å². The highest BCUT2D eigenvalue weighted by molar-refractivity contribution is 5.81. The van der Waals surface area contributed by atoms with Crippen molar-refractivity contribution in [2.75, 3.05) is 13.1 Å². The maximum Gasteiger partial charge on any atom is 0.323 e. The summed E-state index contributed by atoms with van der Waals surface area (Å²) in [5.74, 6) is -0.0481. The Morgan fingerprint density at radius 1 is 1.16 bits per heavy atom. The Hall–Kier alpha value is -1.10. The first-order valence-electron chi connectivity index (χ1n) is 7.23. The first-order valence-corrected chi connectivity index (χ1v) is 7.23. The number of nitrogens with two attached hydrogens (primary N) is 1. The zero-order valence-electron chi connectivity index (χ0n) is 11.6. The smallest absolute Gasteiger partial charge is 0.323 e. The first kappa shape index (κ1) is 14.3. The van der Waals surface area contributed by atoms with Crippen molar-refractivity contribution in [3.05, 3.63) is 0 Å². The molecule has 1 aliphatic carbocycles. The molecule has 5 nitrogen and oxygen atoms in total. The Bertz CT molecular complexity index is 354. The SMILES string of the molecule is CC1CCN(C(=O)C2CCC(N)(C(=O)O)CC2)CC1. The number of carboxylic acid groups (broad SMARTS) is 1. The molecule has 2 fully saturated rings. The number of rotatable bonds is 2. The summed E-state index contributed by atoms with van der Waals surface area (Å²) in [6.45, 7) is 3.92. The molecule has 2 rings (SSSR count). The van der Waals surface area contributed by atoms with Crippen LogP contribution in [-0.2, 0) is 9.59 Å². The lowest BCUT2D eigenvalue weighted by molar-refractivity contribution is -0.147. The molecule has 108 valence electrons. The number of carbonyl (C=O) groups is 2. The second-order valence-electron chi connectivity index (χ2n) is 6.24. The predicted octanol–water partition coefficient (Wildman–Crippen LogP) is 1.22. The van der Waals surface area contributed by atoms with Crippen molar-refractivity contribution in [1.82, 2.24) is 4.90 Å². The Morgan fingerprint density at radius 2 is 1.68 bits per heavy atom. The molecule has 0 atom stereocenters. The molecule has 0 aromatic carbocycles. The van der Waals surface area contributed by atoms with E-state index in [2.05, 4.69) is 6.92 Å². The largest absolute Gasteiger partial charge is 0.480 e. The van der Waals surface area contributed by atoms with E-state index < -0.39 is 11.5 Å². The molecular weight excluding hydrogens is 244 g/mol. The molecule has 1 heterocycles. The van der Waals surface area contributed by atoms with Crippen molar-refractivity contribution < 1.29 is 14.7 Å². The van der Waals surface area contributed by atoms with Crippen LogP contribution in [0.1, 0.15) is 45.4 Å². The standard InChI is InChI=1S/C14H24N2O3/c1-10-4-8-16(9-5-10)12(17)11-2-6-14(15,7-3-11)13(18)19/h10-11H,2-9,15H2,1H3,(H,18,19). The van der Waals surface area contributed by atoms with Crippen molar-refractivity contribution in [2.45, 2.75) is 51.0 Å². The van der Waals surface area contributed by atoms with Gasteiger partial charge >= 0.3 is 5.97 Å². The second kappa shape index (κ2) is 5.49. The number of nitrogens with zero attached hydrogens (tertiary/aromatic N) is 1. The summed E-state index contributed by atoms with van der Waals surface area (Å²) in [4.78, 5) is 25.4. The monoisotopic (exact) mass is 268 g/mol. The topological polar surface area (TPSA) is 83.6 Å². The maximum absolute atomic E-state index is 12.4. The Kier molecular flexibility index (Phi) is 4.13. The lowest BCUT2D eigenvalue weighted by Crippen LogP contribution is -2.52. The fraction of sp³-hybridized carbons (Fsp3) is 0.857. The average Bonchev–Trinajstić information content (AvgIpc) is 2.39.